The number of fused-ring (bicyclic) bond motifs is 1. The fourth-order valence-electron chi connectivity index (χ4n) is 2.76. The van der Waals surface area contributed by atoms with Gasteiger partial charge in [-0.25, -0.2) is 16.8 Å². The van der Waals surface area contributed by atoms with Gasteiger partial charge in [0.2, 0.25) is 10.0 Å². The highest BCUT2D eigenvalue weighted by atomic mass is 32.2. The molecule has 1 saturated heterocycles. The van der Waals surface area contributed by atoms with Crippen molar-refractivity contribution in [1.29, 1.82) is 0 Å². The lowest BCUT2D eigenvalue weighted by Gasteiger charge is -2.32. The van der Waals surface area contributed by atoms with Crippen LogP contribution in [0.25, 0.3) is 10.9 Å². The minimum absolute atomic E-state index is 0.0703. The molecule has 0 N–H and O–H groups in total. The molecular weight excluding hydrogens is 332 g/mol. The van der Waals surface area contributed by atoms with E-state index in [4.69, 9.17) is 9.31 Å². The van der Waals surface area contributed by atoms with Crippen LogP contribution in [0.5, 0.6) is 0 Å². The molecular formula is C16H21BFNO4S. The van der Waals surface area contributed by atoms with Crippen LogP contribution in [-0.4, -0.2) is 36.5 Å². The maximum absolute atomic E-state index is 14.2. The van der Waals surface area contributed by atoms with Crippen molar-refractivity contribution in [2.24, 2.45) is 0 Å². The lowest BCUT2D eigenvalue weighted by Crippen LogP contribution is -2.41. The maximum Gasteiger partial charge on any atom is 0.495 e. The monoisotopic (exact) mass is 353 g/mol. The Bertz CT molecular complexity index is 888. The van der Waals surface area contributed by atoms with E-state index < -0.39 is 34.2 Å². The topological polar surface area (TPSA) is 57.5 Å². The molecule has 130 valence electrons. The summed E-state index contributed by atoms with van der Waals surface area (Å²) in [5.74, 6) is -0.600. The Hall–Kier alpha value is -1.38. The predicted octanol–water partition coefficient (Wildman–Crippen LogP) is 2.28. The Kier molecular flexibility index (Phi) is 3.86. The summed E-state index contributed by atoms with van der Waals surface area (Å²) in [6, 6.07) is 4.22. The number of rotatable bonds is 3. The zero-order chi connectivity index (χ0) is 17.9. The van der Waals surface area contributed by atoms with Gasteiger partial charge in [-0.15, -0.1) is 0 Å². The summed E-state index contributed by atoms with van der Waals surface area (Å²) < 4.78 is 51.7. The molecule has 0 atom stereocenters. The predicted molar refractivity (Wildman–Crippen MR) is 92.5 cm³/mol. The Balaban J connectivity index is 2.18. The minimum Gasteiger partial charge on any atom is -0.399 e. The van der Waals surface area contributed by atoms with Gasteiger partial charge in [-0.05, 0) is 58.3 Å². The van der Waals surface area contributed by atoms with E-state index in [1.165, 1.54) is 18.3 Å². The van der Waals surface area contributed by atoms with Crippen LogP contribution in [0.2, 0.25) is 0 Å². The number of hydrogen-bond acceptors (Lipinski definition) is 4. The summed E-state index contributed by atoms with van der Waals surface area (Å²) in [5.41, 5.74) is -0.335. The Labute approximate surface area is 141 Å². The number of benzene rings is 1. The van der Waals surface area contributed by atoms with Crippen molar-refractivity contribution in [3.05, 3.63) is 30.2 Å². The Morgan fingerprint density at radius 2 is 1.75 bits per heavy atom. The maximum atomic E-state index is 14.2. The highest BCUT2D eigenvalue weighted by Crippen LogP contribution is 2.37. The van der Waals surface area contributed by atoms with Gasteiger partial charge in [-0.1, -0.05) is 0 Å². The van der Waals surface area contributed by atoms with Crippen LogP contribution in [0.15, 0.2) is 24.4 Å². The number of nitrogens with zero attached hydrogens (tertiary/aromatic N) is 1. The SMILES string of the molecule is CCS(=O)(=O)n1ccc2c(B3OC(C)(C)C(C)(C)O3)cc(F)cc21. The third-order valence-corrected chi connectivity index (χ3v) is 6.59. The molecule has 0 bridgehead atoms. The smallest absolute Gasteiger partial charge is 0.399 e. The quantitative estimate of drug-likeness (QED) is 0.795. The summed E-state index contributed by atoms with van der Waals surface area (Å²) in [5, 5.41) is 0.604. The van der Waals surface area contributed by atoms with Gasteiger partial charge in [0.1, 0.15) is 5.82 Å². The van der Waals surface area contributed by atoms with Gasteiger partial charge in [0.05, 0.1) is 22.5 Å². The molecule has 24 heavy (non-hydrogen) atoms. The van der Waals surface area contributed by atoms with E-state index >= 15 is 0 Å². The van der Waals surface area contributed by atoms with E-state index in [-0.39, 0.29) is 5.75 Å². The first-order valence-corrected chi connectivity index (χ1v) is 9.49. The van der Waals surface area contributed by atoms with Crippen molar-refractivity contribution in [3.63, 3.8) is 0 Å². The normalized spacial score (nSPS) is 20.0. The molecule has 1 aliphatic heterocycles. The first-order valence-electron chi connectivity index (χ1n) is 7.88. The van der Waals surface area contributed by atoms with E-state index in [1.54, 1.807) is 13.0 Å². The van der Waals surface area contributed by atoms with Crippen molar-refractivity contribution >= 4 is 33.5 Å². The lowest BCUT2D eigenvalue weighted by atomic mass is 9.77. The summed E-state index contributed by atoms with van der Waals surface area (Å²) in [7, 11) is -4.27. The van der Waals surface area contributed by atoms with Crippen LogP contribution >= 0.6 is 0 Å². The largest absolute Gasteiger partial charge is 0.495 e. The fraction of sp³-hybridized carbons (Fsp3) is 0.500. The molecule has 2 aromatic rings. The van der Waals surface area contributed by atoms with Gasteiger partial charge < -0.3 is 9.31 Å². The van der Waals surface area contributed by atoms with Gasteiger partial charge in [0.15, 0.2) is 0 Å². The second kappa shape index (κ2) is 5.31. The average molecular weight is 353 g/mol. The molecule has 1 fully saturated rings. The number of halogens is 1. The third kappa shape index (κ3) is 2.57. The van der Waals surface area contributed by atoms with Crippen LogP contribution < -0.4 is 5.46 Å². The van der Waals surface area contributed by atoms with E-state index in [0.717, 1.165) is 3.97 Å². The molecule has 0 unspecified atom stereocenters. The molecule has 5 nitrogen and oxygen atoms in total. The zero-order valence-electron chi connectivity index (χ0n) is 14.5. The van der Waals surface area contributed by atoms with Crippen LogP contribution in [0.3, 0.4) is 0 Å². The van der Waals surface area contributed by atoms with Crippen molar-refractivity contribution in [2.45, 2.75) is 45.8 Å². The Morgan fingerprint density at radius 3 is 2.29 bits per heavy atom. The average Bonchev–Trinajstić information content (AvgIpc) is 2.97. The van der Waals surface area contributed by atoms with Gasteiger partial charge in [0.25, 0.3) is 0 Å². The molecule has 3 rings (SSSR count). The van der Waals surface area contributed by atoms with Gasteiger partial charge in [-0.3, -0.25) is 0 Å². The van der Waals surface area contributed by atoms with E-state index in [0.29, 0.717) is 16.4 Å². The first kappa shape index (κ1) is 17.4. The fourth-order valence-corrected chi connectivity index (χ4v) is 3.73. The minimum atomic E-state index is -3.52. The second-order valence-electron chi connectivity index (χ2n) is 7.03. The molecule has 1 aromatic carbocycles. The number of hydrogen-bond donors (Lipinski definition) is 0. The van der Waals surface area contributed by atoms with Crippen LogP contribution in [0.1, 0.15) is 34.6 Å². The molecule has 0 aliphatic carbocycles. The third-order valence-electron chi connectivity index (χ3n) is 4.94. The molecule has 0 saturated carbocycles. The van der Waals surface area contributed by atoms with E-state index in [2.05, 4.69) is 0 Å². The second-order valence-corrected chi connectivity index (χ2v) is 9.16. The van der Waals surface area contributed by atoms with Crippen molar-refractivity contribution in [1.82, 2.24) is 3.97 Å². The highest BCUT2D eigenvalue weighted by Gasteiger charge is 2.52. The van der Waals surface area contributed by atoms with E-state index in [1.807, 2.05) is 27.7 Å². The molecule has 0 amide bonds. The van der Waals surface area contributed by atoms with Gasteiger partial charge in [0, 0.05) is 11.6 Å². The highest BCUT2D eigenvalue weighted by molar-refractivity contribution is 7.90. The lowest BCUT2D eigenvalue weighted by molar-refractivity contribution is 0.00578. The van der Waals surface area contributed by atoms with Crippen LogP contribution in [0, 0.1) is 5.82 Å². The number of aromatic nitrogens is 1. The van der Waals surface area contributed by atoms with Gasteiger partial charge >= 0.3 is 7.12 Å². The van der Waals surface area contributed by atoms with Gasteiger partial charge in [-0.2, -0.15) is 0 Å². The first-order chi connectivity index (χ1) is 11.0. The summed E-state index contributed by atoms with van der Waals surface area (Å²) in [6.45, 7) is 9.20. The summed E-state index contributed by atoms with van der Waals surface area (Å²) >= 11 is 0. The molecule has 0 spiro atoms. The molecule has 1 aliphatic rings. The summed E-state index contributed by atoms with van der Waals surface area (Å²) in [4.78, 5) is 0. The van der Waals surface area contributed by atoms with Crippen molar-refractivity contribution < 1.29 is 22.1 Å². The summed E-state index contributed by atoms with van der Waals surface area (Å²) in [6.07, 6.45) is 1.44. The van der Waals surface area contributed by atoms with E-state index in [9.17, 15) is 12.8 Å². The standard InChI is InChI=1S/C16H21BFNO4S/c1-6-24(20,21)19-8-7-12-13(9-11(18)10-14(12)19)17-22-15(2,3)16(4,5)23-17/h7-10H,6H2,1-5H3. The Morgan fingerprint density at radius 1 is 1.17 bits per heavy atom. The zero-order valence-corrected chi connectivity index (χ0v) is 15.3. The molecule has 1 aromatic heterocycles. The van der Waals surface area contributed by atoms with Crippen LogP contribution in [0.4, 0.5) is 4.39 Å². The molecule has 2 heterocycles. The van der Waals surface area contributed by atoms with Crippen molar-refractivity contribution in [2.75, 3.05) is 5.75 Å². The van der Waals surface area contributed by atoms with Crippen LogP contribution in [-0.2, 0) is 19.3 Å². The van der Waals surface area contributed by atoms with Crippen molar-refractivity contribution in [3.8, 4) is 0 Å². The molecule has 0 radical (unpaired) electrons. The molecule has 8 heteroatoms.